The summed E-state index contributed by atoms with van der Waals surface area (Å²) in [4.78, 5) is 26.3. The number of nitrogens with one attached hydrogen (secondary N) is 2. The maximum absolute atomic E-state index is 13.3. The summed E-state index contributed by atoms with van der Waals surface area (Å²) < 4.78 is 5.34. The molecule has 6 nitrogen and oxygen atoms in total. The number of nitrogens with two attached hydrogens (primary N) is 1. The number of nitrogen functional groups attached to an aromatic ring is 1. The number of amides is 2. The number of rotatable bonds is 5. The highest BCUT2D eigenvalue weighted by molar-refractivity contribution is 6.34. The summed E-state index contributed by atoms with van der Waals surface area (Å²) in [5.41, 5.74) is 7.01. The average molecular weight is 416 g/mol. The first-order valence-electron chi connectivity index (χ1n) is 9.69. The monoisotopic (exact) mass is 415 g/mol. The molecule has 0 unspecified atom stereocenters. The fraction of sp³-hybridized carbons (Fsp3) is 0.364. The highest BCUT2D eigenvalue weighted by Gasteiger charge is 2.41. The van der Waals surface area contributed by atoms with E-state index in [0.717, 1.165) is 24.8 Å². The molecule has 0 aromatic heterocycles. The zero-order valence-corrected chi connectivity index (χ0v) is 17.4. The number of anilines is 2. The standard InChI is InChI=1S/C22H26ClN3O3/c1-14-9-10-15(13-18(14)29-2)25-21(28)22(11-4-3-5-12-22)26-20(27)19-16(23)7-6-8-17(19)24/h6-10,13H,3-5,11-12,24H2,1-2H3,(H,25,28)(H,26,27). The molecule has 29 heavy (non-hydrogen) atoms. The van der Waals surface area contributed by atoms with Gasteiger partial charge < -0.3 is 21.1 Å². The molecule has 7 heteroatoms. The van der Waals surface area contributed by atoms with Crippen LogP contribution in [-0.4, -0.2) is 24.5 Å². The van der Waals surface area contributed by atoms with Gasteiger partial charge in [-0.1, -0.05) is 43.0 Å². The van der Waals surface area contributed by atoms with Gasteiger partial charge in [0.1, 0.15) is 11.3 Å². The highest BCUT2D eigenvalue weighted by Crippen LogP contribution is 2.32. The smallest absolute Gasteiger partial charge is 0.255 e. The molecule has 0 atom stereocenters. The third kappa shape index (κ3) is 4.48. The molecule has 2 aromatic rings. The van der Waals surface area contributed by atoms with Gasteiger partial charge in [-0.3, -0.25) is 9.59 Å². The molecule has 0 saturated heterocycles. The quantitative estimate of drug-likeness (QED) is 0.634. The van der Waals surface area contributed by atoms with Crippen molar-refractivity contribution in [2.24, 2.45) is 0 Å². The summed E-state index contributed by atoms with van der Waals surface area (Å²) in [5, 5.41) is 6.15. The maximum atomic E-state index is 13.3. The minimum absolute atomic E-state index is 0.198. The summed E-state index contributed by atoms with van der Waals surface area (Å²) in [6.45, 7) is 1.93. The number of halogens is 1. The predicted molar refractivity (Wildman–Crippen MR) is 116 cm³/mol. The van der Waals surface area contributed by atoms with Crippen LogP contribution >= 0.6 is 11.6 Å². The third-order valence-electron chi connectivity index (χ3n) is 5.43. The van der Waals surface area contributed by atoms with Crippen LogP contribution in [0.2, 0.25) is 5.02 Å². The van der Waals surface area contributed by atoms with Crippen molar-refractivity contribution in [1.82, 2.24) is 5.32 Å². The van der Waals surface area contributed by atoms with Crippen molar-refractivity contribution in [2.45, 2.75) is 44.6 Å². The molecular weight excluding hydrogens is 390 g/mol. The summed E-state index contributed by atoms with van der Waals surface area (Å²) >= 11 is 6.19. The van der Waals surface area contributed by atoms with Gasteiger partial charge >= 0.3 is 0 Å². The molecule has 154 valence electrons. The third-order valence-corrected chi connectivity index (χ3v) is 5.75. The Labute approximate surface area is 175 Å². The van der Waals surface area contributed by atoms with Gasteiger partial charge in [-0.05, 0) is 43.5 Å². The Morgan fingerprint density at radius 3 is 2.52 bits per heavy atom. The van der Waals surface area contributed by atoms with Crippen molar-refractivity contribution in [1.29, 1.82) is 0 Å². The first kappa shape index (κ1) is 21.0. The van der Waals surface area contributed by atoms with Crippen LogP contribution in [0.15, 0.2) is 36.4 Å². The van der Waals surface area contributed by atoms with Crippen LogP contribution in [0.5, 0.6) is 5.75 Å². The fourth-order valence-corrected chi connectivity index (χ4v) is 4.04. The summed E-state index contributed by atoms with van der Waals surface area (Å²) in [5.74, 6) is 0.00193. The Morgan fingerprint density at radius 1 is 1.14 bits per heavy atom. The molecule has 2 aromatic carbocycles. The molecular formula is C22H26ClN3O3. The van der Waals surface area contributed by atoms with E-state index in [1.54, 1.807) is 31.4 Å². The molecule has 1 aliphatic rings. The van der Waals surface area contributed by atoms with E-state index in [4.69, 9.17) is 22.1 Å². The fourth-order valence-electron chi connectivity index (χ4n) is 3.77. The van der Waals surface area contributed by atoms with Crippen LogP contribution in [0.3, 0.4) is 0 Å². The van der Waals surface area contributed by atoms with Crippen LogP contribution in [0.25, 0.3) is 0 Å². The van der Waals surface area contributed by atoms with Crippen LogP contribution in [0, 0.1) is 6.92 Å². The summed E-state index contributed by atoms with van der Waals surface area (Å²) in [7, 11) is 1.59. The summed E-state index contributed by atoms with van der Waals surface area (Å²) in [6, 6.07) is 10.4. The van der Waals surface area contributed by atoms with Crippen molar-refractivity contribution in [2.75, 3.05) is 18.2 Å². The van der Waals surface area contributed by atoms with E-state index in [2.05, 4.69) is 10.6 Å². The molecule has 1 saturated carbocycles. The van der Waals surface area contributed by atoms with E-state index in [1.165, 1.54) is 0 Å². The van der Waals surface area contributed by atoms with Gasteiger partial charge in [0.2, 0.25) is 5.91 Å². The van der Waals surface area contributed by atoms with Crippen molar-refractivity contribution < 1.29 is 14.3 Å². The second-order valence-corrected chi connectivity index (χ2v) is 7.85. The molecule has 0 radical (unpaired) electrons. The van der Waals surface area contributed by atoms with Gasteiger partial charge in [-0.25, -0.2) is 0 Å². The lowest BCUT2D eigenvalue weighted by Gasteiger charge is -2.36. The lowest BCUT2D eigenvalue weighted by Crippen LogP contribution is -2.57. The van der Waals surface area contributed by atoms with Crippen LogP contribution in [-0.2, 0) is 4.79 Å². The molecule has 3 rings (SSSR count). The van der Waals surface area contributed by atoms with Gasteiger partial charge in [0.25, 0.3) is 5.91 Å². The second kappa shape index (κ2) is 8.74. The zero-order chi connectivity index (χ0) is 21.0. The first-order chi connectivity index (χ1) is 13.9. The molecule has 0 aliphatic heterocycles. The Kier molecular flexibility index (Phi) is 6.33. The number of hydrogen-bond acceptors (Lipinski definition) is 4. The predicted octanol–water partition coefficient (Wildman–Crippen LogP) is 4.31. The molecule has 0 bridgehead atoms. The second-order valence-electron chi connectivity index (χ2n) is 7.44. The molecule has 0 heterocycles. The normalized spacial score (nSPS) is 15.4. The number of carbonyl (C=O) groups is 2. The van der Waals surface area contributed by atoms with Crippen molar-refractivity contribution in [3.8, 4) is 5.75 Å². The summed E-state index contributed by atoms with van der Waals surface area (Å²) in [6.07, 6.45) is 3.83. The first-order valence-corrected chi connectivity index (χ1v) is 10.1. The zero-order valence-electron chi connectivity index (χ0n) is 16.7. The molecule has 0 spiro atoms. The van der Waals surface area contributed by atoms with Gasteiger partial charge in [-0.2, -0.15) is 0 Å². The minimum atomic E-state index is -1.01. The number of carbonyl (C=O) groups excluding carboxylic acids is 2. The van der Waals surface area contributed by atoms with Crippen molar-refractivity contribution >= 4 is 34.8 Å². The Bertz CT molecular complexity index is 903. The molecule has 1 aliphatic carbocycles. The number of hydrogen-bond donors (Lipinski definition) is 3. The van der Waals surface area contributed by atoms with Crippen LogP contribution < -0.4 is 21.1 Å². The average Bonchev–Trinajstić information content (AvgIpc) is 2.70. The van der Waals surface area contributed by atoms with Gasteiger partial charge in [-0.15, -0.1) is 0 Å². The largest absolute Gasteiger partial charge is 0.496 e. The SMILES string of the molecule is COc1cc(NC(=O)C2(NC(=O)c3c(N)cccc3Cl)CCCCC2)ccc1C. The van der Waals surface area contributed by atoms with E-state index in [1.807, 2.05) is 19.1 Å². The van der Waals surface area contributed by atoms with E-state index in [-0.39, 0.29) is 22.2 Å². The topological polar surface area (TPSA) is 93.5 Å². The van der Waals surface area contributed by atoms with Gasteiger partial charge in [0, 0.05) is 17.4 Å². The molecule has 1 fully saturated rings. The van der Waals surface area contributed by atoms with E-state index in [9.17, 15) is 9.59 Å². The van der Waals surface area contributed by atoms with E-state index in [0.29, 0.717) is 24.3 Å². The lowest BCUT2D eigenvalue weighted by atomic mass is 9.80. The molecule has 2 amide bonds. The molecule has 4 N–H and O–H groups in total. The minimum Gasteiger partial charge on any atom is -0.496 e. The Balaban J connectivity index is 1.86. The van der Waals surface area contributed by atoms with E-state index < -0.39 is 11.4 Å². The Morgan fingerprint density at radius 2 is 1.86 bits per heavy atom. The maximum Gasteiger partial charge on any atom is 0.255 e. The number of ether oxygens (including phenoxy) is 1. The van der Waals surface area contributed by atoms with Crippen LogP contribution in [0.1, 0.15) is 48.0 Å². The van der Waals surface area contributed by atoms with Gasteiger partial charge in [0.15, 0.2) is 0 Å². The van der Waals surface area contributed by atoms with Crippen LogP contribution in [0.4, 0.5) is 11.4 Å². The highest BCUT2D eigenvalue weighted by atomic mass is 35.5. The number of aryl methyl sites for hydroxylation is 1. The Hall–Kier alpha value is -2.73. The van der Waals surface area contributed by atoms with Crippen molar-refractivity contribution in [3.05, 3.63) is 52.5 Å². The number of methoxy groups -OCH3 is 1. The van der Waals surface area contributed by atoms with E-state index >= 15 is 0 Å². The van der Waals surface area contributed by atoms with Crippen molar-refractivity contribution in [3.63, 3.8) is 0 Å². The lowest BCUT2D eigenvalue weighted by molar-refractivity contribution is -0.123. The van der Waals surface area contributed by atoms with Gasteiger partial charge in [0.05, 0.1) is 17.7 Å². The number of benzene rings is 2.